The number of nitrogens with zero attached hydrogens (tertiary/aromatic N) is 1. The number of halogens is 1. The number of carbonyl (C=O) groups is 2. The van der Waals surface area contributed by atoms with Crippen molar-refractivity contribution in [2.75, 3.05) is 5.75 Å². The van der Waals surface area contributed by atoms with Gasteiger partial charge in [0, 0.05) is 29.3 Å². The number of hydrogen-bond acceptors (Lipinski definition) is 3. The topological polar surface area (TPSA) is 49.4 Å². The van der Waals surface area contributed by atoms with Crippen molar-refractivity contribution in [1.29, 1.82) is 0 Å². The molecule has 0 unspecified atom stereocenters. The van der Waals surface area contributed by atoms with E-state index < -0.39 is 11.6 Å². The predicted molar refractivity (Wildman–Crippen MR) is 151 cm³/mol. The molecule has 0 radical (unpaired) electrons. The molecule has 3 aromatic carbocycles. The number of aryl methyl sites for hydroxylation is 1. The van der Waals surface area contributed by atoms with Crippen molar-refractivity contribution < 1.29 is 9.59 Å². The summed E-state index contributed by atoms with van der Waals surface area (Å²) in [7, 11) is 0. The van der Waals surface area contributed by atoms with Crippen molar-refractivity contribution in [3.63, 3.8) is 0 Å². The number of thioether (sulfide) groups is 1. The van der Waals surface area contributed by atoms with Crippen molar-refractivity contribution in [2.24, 2.45) is 0 Å². The van der Waals surface area contributed by atoms with Gasteiger partial charge in [-0.25, -0.2) is 0 Å². The Bertz CT molecular complexity index is 1140. The Morgan fingerprint density at radius 2 is 1.56 bits per heavy atom. The lowest BCUT2D eigenvalue weighted by molar-refractivity contribution is -0.140. The zero-order valence-electron chi connectivity index (χ0n) is 21.5. The second kappa shape index (κ2) is 13.0. The Balaban J connectivity index is 1.87. The zero-order valence-corrected chi connectivity index (χ0v) is 23.0. The third-order valence-corrected chi connectivity index (χ3v) is 7.02. The van der Waals surface area contributed by atoms with E-state index >= 15 is 0 Å². The largest absolute Gasteiger partial charge is 0.350 e. The maximum atomic E-state index is 13.7. The molecule has 36 heavy (non-hydrogen) atoms. The molecule has 0 saturated carbocycles. The van der Waals surface area contributed by atoms with Crippen LogP contribution in [0.4, 0.5) is 0 Å². The van der Waals surface area contributed by atoms with Gasteiger partial charge in [0.2, 0.25) is 11.8 Å². The van der Waals surface area contributed by atoms with Crippen molar-refractivity contribution in [2.45, 2.75) is 58.0 Å². The molecular weight excluding hydrogens is 488 g/mol. The molecule has 3 rings (SSSR count). The number of carbonyl (C=O) groups excluding carboxylic acids is 2. The van der Waals surface area contributed by atoms with Crippen LogP contribution in [-0.4, -0.2) is 34.0 Å². The first-order valence-electron chi connectivity index (χ1n) is 12.1. The first kappa shape index (κ1) is 27.8. The molecule has 0 aliphatic heterocycles. The Morgan fingerprint density at radius 3 is 2.19 bits per heavy atom. The molecule has 0 saturated heterocycles. The summed E-state index contributed by atoms with van der Waals surface area (Å²) in [6.07, 6.45) is 0.447. The van der Waals surface area contributed by atoms with Crippen LogP contribution in [0.1, 0.15) is 43.0 Å². The summed E-state index contributed by atoms with van der Waals surface area (Å²) in [5, 5.41) is 3.80. The second-order valence-corrected chi connectivity index (χ2v) is 11.4. The Morgan fingerprint density at radius 1 is 0.917 bits per heavy atom. The maximum Gasteiger partial charge on any atom is 0.243 e. The van der Waals surface area contributed by atoms with Crippen LogP contribution in [0.15, 0.2) is 78.9 Å². The van der Waals surface area contributed by atoms with Gasteiger partial charge in [-0.3, -0.25) is 9.59 Å². The Labute approximate surface area is 224 Å². The third-order valence-electron chi connectivity index (χ3n) is 5.78. The molecule has 0 spiro atoms. The highest BCUT2D eigenvalue weighted by molar-refractivity contribution is 7.99. The van der Waals surface area contributed by atoms with Crippen LogP contribution < -0.4 is 5.32 Å². The van der Waals surface area contributed by atoms with Crippen molar-refractivity contribution >= 4 is 35.2 Å². The quantitative estimate of drug-likeness (QED) is 0.333. The number of amides is 2. The van der Waals surface area contributed by atoms with E-state index in [1.54, 1.807) is 16.7 Å². The van der Waals surface area contributed by atoms with Gasteiger partial charge in [0.25, 0.3) is 0 Å². The van der Waals surface area contributed by atoms with E-state index in [-0.39, 0.29) is 17.6 Å². The summed E-state index contributed by atoms with van der Waals surface area (Å²) >= 11 is 7.54. The molecule has 190 valence electrons. The lowest BCUT2D eigenvalue weighted by Gasteiger charge is -2.34. The molecule has 0 heterocycles. The Hall–Kier alpha value is -2.76. The first-order chi connectivity index (χ1) is 17.1. The molecule has 6 heteroatoms. The van der Waals surface area contributed by atoms with E-state index in [1.165, 1.54) is 0 Å². The highest BCUT2D eigenvalue weighted by atomic mass is 35.5. The molecule has 0 aliphatic carbocycles. The summed E-state index contributed by atoms with van der Waals surface area (Å²) in [5.74, 6) is 0.777. The highest BCUT2D eigenvalue weighted by Crippen LogP contribution is 2.21. The normalized spacial score (nSPS) is 12.1. The maximum absolute atomic E-state index is 13.7. The van der Waals surface area contributed by atoms with E-state index in [1.807, 2.05) is 107 Å². The number of benzene rings is 3. The summed E-state index contributed by atoms with van der Waals surface area (Å²) in [5.41, 5.74) is 3.85. The molecule has 0 aliphatic rings. The van der Waals surface area contributed by atoms with Crippen LogP contribution in [0.3, 0.4) is 0 Å². The summed E-state index contributed by atoms with van der Waals surface area (Å²) < 4.78 is 0. The van der Waals surface area contributed by atoms with Gasteiger partial charge >= 0.3 is 0 Å². The molecular formula is C30H35ClN2O2S. The SMILES string of the molecule is Cc1ccccc1CN(C(=O)CSCc1ccc(Cl)cc1)[C@H](Cc1ccccc1)C(=O)NC(C)(C)C. The predicted octanol–water partition coefficient (Wildman–Crippen LogP) is 6.44. The van der Waals surface area contributed by atoms with E-state index in [0.717, 1.165) is 22.3 Å². The average Bonchev–Trinajstić information content (AvgIpc) is 2.83. The molecule has 1 atom stereocenters. The van der Waals surface area contributed by atoms with Crippen LogP contribution in [0.5, 0.6) is 0 Å². The van der Waals surface area contributed by atoms with Crippen LogP contribution in [0, 0.1) is 6.92 Å². The first-order valence-corrected chi connectivity index (χ1v) is 13.7. The smallest absolute Gasteiger partial charge is 0.243 e. The van der Waals surface area contributed by atoms with Crippen molar-refractivity contribution in [3.8, 4) is 0 Å². The van der Waals surface area contributed by atoms with Gasteiger partial charge in [-0.05, 0) is 62.1 Å². The minimum absolute atomic E-state index is 0.0535. The number of nitrogens with one attached hydrogen (secondary N) is 1. The molecule has 0 fully saturated rings. The molecule has 0 bridgehead atoms. The van der Waals surface area contributed by atoms with Gasteiger partial charge in [0.1, 0.15) is 6.04 Å². The third kappa shape index (κ3) is 8.72. The lowest BCUT2D eigenvalue weighted by atomic mass is 10.00. The fourth-order valence-electron chi connectivity index (χ4n) is 3.90. The summed E-state index contributed by atoms with van der Waals surface area (Å²) in [4.78, 5) is 29.1. The lowest BCUT2D eigenvalue weighted by Crippen LogP contribution is -2.54. The zero-order chi connectivity index (χ0) is 26.1. The summed E-state index contributed by atoms with van der Waals surface area (Å²) in [6.45, 7) is 8.29. The highest BCUT2D eigenvalue weighted by Gasteiger charge is 2.32. The average molecular weight is 523 g/mol. The fraction of sp³-hybridized carbons (Fsp3) is 0.333. The van der Waals surface area contributed by atoms with E-state index in [9.17, 15) is 9.59 Å². The fourth-order valence-corrected chi connectivity index (χ4v) is 4.89. The van der Waals surface area contributed by atoms with Gasteiger partial charge in [0.05, 0.1) is 5.75 Å². The molecule has 3 aromatic rings. The van der Waals surface area contributed by atoms with Gasteiger partial charge in [0.15, 0.2) is 0 Å². The van der Waals surface area contributed by atoms with Gasteiger partial charge in [-0.15, -0.1) is 11.8 Å². The van der Waals surface area contributed by atoms with Crippen LogP contribution in [0.2, 0.25) is 5.02 Å². The van der Waals surface area contributed by atoms with E-state index in [2.05, 4.69) is 5.32 Å². The van der Waals surface area contributed by atoms with Crippen LogP contribution in [0.25, 0.3) is 0 Å². The Kier molecular flexibility index (Phi) is 10.0. The second-order valence-electron chi connectivity index (χ2n) is 10.0. The standard InChI is InChI=1S/C30H35ClN2O2S/c1-22-10-8-9-13-25(22)19-33(28(34)21-36-20-24-14-16-26(31)17-15-24)27(29(35)32-30(2,3)4)18-23-11-6-5-7-12-23/h5-17,27H,18-21H2,1-4H3,(H,32,35)/t27-/m1/s1. The van der Waals surface area contributed by atoms with Gasteiger partial charge in [-0.1, -0.05) is 78.3 Å². The molecule has 0 aromatic heterocycles. The molecule has 4 nitrogen and oxygen atoms in total. The van der Waals surface area contributed by atoms with Gasteiger partial charge < -0.3 is 10.2 Å². The van der Waals surface area contributed by atoms with E-state index in [4.69, 9.17) is 11.6 Å². The van der Waals surface area contributed by atoms with Crippen LogP contribution in [-0.2, 0) is 28.3 Å². The van der Waals surface area contributed by atoms with Crippen molar-refractivity contribution in [1.82, 2.24) is 10.2 Å². The minimum atomic E-state index is -0.630. The summed E-state index contributed by atoms with van der Waals surface area (Å²) in [6, 6.07) is 24.9. The molecule has 2 amide bonds. The number of rotatable bonds is 10. The van der Waals surface area contributed by atoms with Gasteiger partial charge in [-0.2, -0.15) is 0 Å². The number of hydrogen-bond donors (Lipinski definition) is 1. The van der Waals surface area contributed by atoms with E-state index in [0.29, 0.717) is 23.7 Å². The molecule has 1 N–H and O–H groups in total. The van der Waals surface area contributed by atoms with Crippen molar-refractivity contribution in [3.05, 3.63) is 106 Å². The monoisotopic (exact) mass is 522 g/mol. The van der Waals surface area contributed by atoms with Crippen LogP contribution >= 0.6 is 23.4 Å². The minimum Gasteiger partial charge on any atom is -0.350 e.